The molecule has 16 heavy (non-hydrogen) atoms. The first kappa shape index (κ1) is 11.4. The van der Waals surface area contributed by atoms with E-state index in [1.54, 1.807) is 7.11 Å². The Morgan fingerprint density at radius 3 is 3.19 bits per heavy atom. The molecule has 1 N–H and O–H groups in total. The Kier molecular flexibility index (Phi) is 4.19. The highest BCUT2D eigenvalue weighted by atomic mass is 16.5. The van der Waals surface area contributed by atoms with E-state index in [0.29, 0.717) is 6.10 Å². The molecule has 0 radical (unpaired) electrons. The molecule has 88 valence electrons. The van der Waals surface area contributed by atoms with Gasteiger partial charge in [-0.15, -0.1) is 0 Å². The van der Waals surface area contributed by atoms with Crippen LogP contribution in [0.1, 0.15) is 18.4 Å². The fourth-order valence-corrected chi connectivity index (χ4v) is 1.97. The van der Waals surface area contributed by atoms with E-state index < -0.39 is 0 Å². The van der Waals surface area contributed by atoms with Gasteiger partial charge in [0.25, 0.3) is 0 Å². The molecule has 1 aromatic rings. The van der Waals surface area contributed by atoms with Crippen LogP contribution in [-0.2, 0) is 11.3 Å². The average Bonchev–Trinajstić information content (AvgIpc) is 2.82. The highest BCUT2D eigenvalue weighted by Crippen LogP contribution is 2.13. The molecule has 0 amide bonds. The number of nitrogens with one attached hydrogen (secondary N) is 1. The summed E-state index contributed by atoms with van der Waals surface area (Å²) in [5, 5.41) is 3.41. The third kappa shape index (κ3) is 3.22. The van der Waals surface area contributed by atoms with Gasteiger partial charge in [-0.05, 0) is 30.5 Å². The largest absolute Gasteiger partial charge is 0.497 e. The van der Waals surface area contributed by atoms with E-state index in [2.05, 4.69) is 17.4 Å². The molecule has 1 aliphatic heterocycles. The van der Waals surface area contributed by atoms with E-state index in [1.165, 1.54) is 18.4 Å². The van der Waals surface area contributed by atoms with Crippen molar-refractivity contribution >= 4 is 0 Å². The molecule has 3 heteroatoms. The number of hydrogen-bond acceptors (Lipinski definition) is 3. The summed E-state index contributed by atoms with van der Waals surface area (Å²) in [7, 11) is 1.69. The van der Waals surface area contributed by atoms with Crippen molar-refractivity contribution in [2.75, 3.05) is 20.3 Å². The fourth-order valence-electron chi connectivity index (χ4n) is 1.97. The minimum absolute atomic E-state index is 0.408. The van der Waals surface area contributed by atoms with Crippen LogP contribution >= 0.6 is 0 Å². The maximum absolute atomic E-state index is 5.55. The Bertz CT molecular complexity index is 321. The molecule has 1 fully saturated rings. The molecule has 0 unspecified atom stereocenters. The molecular formula is C13H19NO2. The van der Waals surface area contributed by atoms with Gasteiger partial charge < -0.3 is 14.8 Å². The number of ether oxygens (including phenoxy) is 2. The summed E-state index contributed by atoms with van der Waals surface area (Å²) in [6.45, 7) is 2.74. The number of rotatable bonds is 5. The van der Waals surface area contributed by atoms with Crippen molar-refractivity contribution in [3.8, 4) is 5.75 Å². The Hall–Kier alpha value is -1.06. The first-order chi connectivity index (χ1) is 7.88. The van der Waals surface area contributed by atoms with Crippen molar-refractivity contribution in [3.05, 3.63) is 29.8 Å². The molecule has 1 aliphatic rings. The first-order valence-corrected chi connectivity index (χ1v) is 5.84. The van der Waals surface area contributed by atoms with Crippen molar-refractivity contribution in [1.29, 1.82) is 0 Å². The average molecular weight is 221 g/mol. The van der Waals surface area contributed by atoms with E-state index in [-0.39, 0.29) is 0 Å². The molecule has 0 aliphatic carbocycles. The second kappa shape index (κ2) is 5.87. The van der Waals surface area contributed by atoms with E-state index in [9.17, 15) is 0 Å². The van der Waals surface area contributed by atoms with Gasteiger partial charge in [-0.1, -0.05) is 12.1 Å². The lowest BCUT2D eigenvalue weighted by molar-refractivity contribution is 0.110. The van der Waals surface area contributed by atoms with Gasteiger partial charge >= 0.3 is 0 Å². The van der Waals surface area contributed by atoms with E-state index in [1.807, 2.05) is 12.1 Å². The third-order valence-corrected chi connectivity index (χ3v) is 2.86. The summed E-state index contributed by atoms with van der Waals surface area (Å²) in [5.41, 5.74) is 1.25. The lowest BCUT2D eigenvalue weighted by atomic mass is 10.2. The van der Waals surface area contributed by atoms with Crippen molar-refractivity contribution in [3.63, 3.8) is 0 Å². The number of hydrogen-bond donors (Lipinski definition) is 1. The monoisotopic (exact) mass is 221 g/mol. The topological polar surface area (TPSA) is 30.5 Å². The van der Waals surface area contributed by atoms with E-state index >= 15 is 0 Å². The molecular weight excluding hydrogens is 202 g/mol. The van der Waals surface area contributed by atoms with Crippen LogP contribution in [0.4, 0.5) is 0 Å². The van der Waals surface area contributed by atoms with Gasteiger partial charge in [0.05, 0.1) is 13.2 Å². The van der Waals surface area contributed by atoms with Gasteiger partial charge in [-0.3, -0.25) is 0 Å². The van der Waals surface area contributed by atoms with Gasteiger partial charge in [0.2, 0.25) is 0 Å². The molecule has 0 spiro atoms. The van der Waals surface area contributed by atoms with Gasteiger partial charge in [0.1, 0.15) is 5.75 Å². The normalized spacial score (nSPS) is 19.9. The first-order valence-electron chi connectivity index (χ1n) is 5.84. The predicted molar refractivity (Wildman–Crippen MR) is 63.7 cm³/mol. The van der Waals surface area contributed by atoms with Crippen LogP contribution in [0.2, 0.25) is 0 Å². The molecule has 1 aromatic carbocycles. The van der Waals surface area contributed by atoms with E-state index in [0.717, 1.165) is 25.4 Å². The standard InChI is InChI=1S/C13H19NO2/c1-15-12-5-2-4-11(8-12)9-14-10-13-6-3-7-16-13/h2,4-5,8,13-14H,3,6-7,9-10H2,1H3/t13-/m1/s1. The van der Waals surface area contributed by atoms with Crippen LogP contribution in [0, 0.1) is 0 Å². The smallest absolute Gasteiger partial charge is 0.119 e. The molecule has 1 atom stereocenters. The SMILES string of the molecule is COc1cccc(CNC[C@H]2CCCO2)c1. The van der Waals surface area contributed by atoms with Crippen molar-refractivity contribution in [1.82, 2.24) is 5.32 Å². The molecule has 0 bridgehead atoms. The fraction of sp³-hybridized carbons (Fsp3) is 0.538. The lowest BCUT2D eigenvalue weighted by Crippen LogP contribution is -2.25. The highest BCUT2D eigenvalue weighted by molar-refractivity contribution is 5.28. The Morgan fingerprint density at radius 1 is 1.50 bits per heavy atom. The summed E-state index contributed by atoms with van der Waals surface area (Å²) in [6.07, 6.45) is 2.79. The second-order valence-corrected chi connectivity index (χ2v) is 4.12. The maximum Gasteiger partial charge on any atom is 0.119 e. The Labute approximate surface area is 96.8 Å². The Morgan fingerprint density at radius 2 is 2.44 bits per heavy atom. The minimum atomic E-state index is 0.408. The zero-order chi connectivity index (χ0) is 11.2. The van der Waals surface area contributed by atoms with Crippen LogP contribution in [0.3, 0.4) is 0 Å². The molecule has 0 saturated carbocycles. The summed E-state index contributed by atoms with van der Waals surface area (Å²) < 4.78 is 10.7. The molecule has 3 nitrogen and oxygen atoms in total. The van der Waals surface area contributed by atoms with Gasteiger partial charge in [0, 0.05) is 19.7 Å². The van der Waals surface area contributed by atoms with Crippen molar-refractivity contribution < 1.29 is 9.47 Å². The summed E-state index contributed by atoms with van der Waals surface area (Å²) >= 11 is 0. The molecule has 0 aromatic heterocycles. The number of methoxy groups -OCH3 is 1. The quantitative estimate of drug-likeness (QED) is 0.824. The molecule has 2 rings (SSSR count). The van der Waals surface area contributed by atoms with Crippen LogP contribution in [-0.4, -0.2) is 26.4 Å². The summed E-state index contributed by atoms with van der Waals surface area (Å²) in [5.74, 6) is 0.913. The van der Waals surface area contributed by atoms with Crippen LogP contribution in [0.25, 0.3) is 0 Å². The summed E-state index contributed by atoms with van der Waals surface area (Å²) in [6, 6.07) is 8.14. The molecule has 1 saturated heterocycles. The number of benzene rings is 1. The third-order valence-electron chi connectivity index (χ3n) is 2.86. The zero-order valence-corrected chi connectivity index (χ0v) is 9.74. The second-order valence-electron chi connectivity index (χ2n) is 4.12. The maximum atomic E-state index is 5.55. The van der Waals surface area contributed by atoms with Crippen molar-refractivity contribution in [2.24, 2.45) is 0 Å². The summed E-state index contributed by atoms with van der Waals surface area (Å²) in [4.78, 5) is 0. The minimum Gasteiger partial charge on any atom is -0.497 e. The highest BCUT2D eigenvalue weighted by Gasteiger charge is 2.14. The van der Waals surface area contributed by atoms with E-state index in [4.69, 9.17) is 9.47 Å². The lowest BCUT2D eigenvalue weighted by Gasteiger charge is -2.11. The van der Waals surface area contributed by atoms with Gasteiger partial charge in [0.15, 0.2) is 0 Å². The van der Waals surface area contributed by atoms with Crippen LogP contribution in [0.5, 0.6) is 5.75 Å². The van der Waals surface area contributed by atoms with Crippen molar-refractivity contribution in [2.45, 2.75) is 25.5 Å². The van der Waals surface area contributed by atoms with Crippen LogP contribution in [0.15, 0.2) is 24.3 Å². The van der Waals surface area contributed by atoms with Gasteiger partial charge in [-0.2, -0.15) is 0 Å². The van der Waals surface area contributed by atoms with Crippen LogP contribution < -0.4 is 10.1 Å². The zero-order valence-electron chi connectivity index (χ0n) is 9.74. The molecule has 1 heterocycles. The van der Waals surface area contributed by atoms with Gasteiger partial charge in [-0.25, -0.2) is 0 Å². The Balaban J connectivity index is 1.75. The predicted octanol–water partition coefficient (Wildman–Crippen LogP) is 1.96.